The molecule has 2 heterocycles. The average Bonchev–Trinajstić information content (AvgIpc) is 2.97. The lowest BCUT2D eigenvalue weighted by Gasteiger charge is -2.31. The van der Waals surface area contributed by atoms with Crippen LogP contribution in [0.1, 0.15) is 41.7 Å². The molecule has 0 saturated carbocycles. The molecule has 0 aliphatic carbocycles. The molecule has 1 aromatic rings. The Balaban J connectivity index is 1.76. The molecule has 1 aromatic heterocycles. The summed E-state index contributed by atoms with van der Waals surface area (Å²) in [6, 6.07) is -0.0138. The van der Waals surface area contributed by atoms with Gasteiger partial charge in [0.1, 0.15) is 0 Å². The molecule has 1 unspecified atom stereocenters. The summed E-state index contributed by atoms with van der Waals surface area (Å²) in [6.07, 6.45) is 3.83. The highest BCUT2D eigenvalue weighted by molar-refractivity contribution is 7.09. The highest BCUT2D eigenvalue weighted by atomic mass is 32.1. The van der Waals surface area contributed by atoms with Gasteiger partial charge in [-0.05, 0) is 33.4 Å². The van der Waals surface area contributed by atoms with Crippen molar-refractivity contribution in [2.24, 2.45) is 0 Å². The fourth-order valence-electron chi connectivity index (χ4n) is 2.54. The topological polar surface area (TPSA) is 71.5 Å². The number of hydrogen-bond acceptors (Lipinski definition) is 6. The average molecular weight is 325 g/mol. The van der Waals surface area contributed by atoms with E-state index in [1.165, 1.54) is 11.3 Å². The molecule has 1 N–H and O–H groups in total. The summed E-state index contributed by atoms with van der Waals surface area (Å²) >= 11 is 1.42. The van der Waals surface area contributed by atoms with Crippen LogP contribution in [0.25, 0.3) is 0 Å². The maximum atomic E-state index is 12.2. The predicted molar refractivity (Wildman–Crippen MR) is 85.1 cm³/mol. The second-order valence-electron chi connectivity index (χ2n) is 5.38. The zero-order valence-corrected chi connectivity index (χ0v) is 13.9. The smallest absolute Gasteiger partial charge is 0.357 e. The predicted octanol–water partition coefficient (Wildman–Crippen LogP) is 1.46. The zero-order valence-electron chi connectivity index (χ0n) is 13.1. The number of carbonyl (C=O) groups excluding carboxylic acids is 2. The van der Waals surface area contributed by atoms with Crippen LogP contribution in [-0.2, 0) is 16.0 Å². The van der Waals surface area contributed by atoms with E-state index in [0.717, 1.165) is 30.8 Å². The Morgan fingerprint density at radius 3 is 3.05 bits per heavy atom. The summed E-state index contributed by atoms with van der Waals surface area (Å²) < 4.78 is 4.91. The molecule has 7 heteroatoms. The van der Waals surface area contributed by atoms with Gasteiger partial charge in [0.2, 0.25) is 5.91 Å². The quantitative estimate of drug-likeness (QED) is 0.802. The number of ether oxygens (including phenoxy) is 1. The van der Waals surface area contributed by atoms with Crippen LogP contribution < -0.4 is 5.32 Å². The summed E-state index contributed by atoms with van der Waals surface area (Å²) in [6.45, 7) is 3.63. The van der Waals surface area contributed by atoms with Crippen LogP contribution in [0.3, 0.4) is 0 Å². The van der Waals surface area contributed by atoms with E-state index in [1.807, 2.05) is 7.05 Å². The Kier molecular flexibility index (Phi) is 6.33. The molecule has 0 radical (unpaired) electrons. The van der Waals surface area contributed by atoms with E-state index in [2.05, 4.69) is 15.2 Å². The van der Waals surface area contributed by atoms with Gasteiger partial charge in [0.05, 0.1) is 17.7 Å². The van der Waals surface area contributed by atoms with Crippen LogP contribution in [0.5, 0.6) is 0 Å². The fraction of sp³-hybridized carbons (Fsp3) is 0.667. The van der Waals surface area contributed by atoms with Gasteiger partial charge in [0.25, 0.3) is 0 Å². The lowest BCUT2D eigenvalue weighted by Crippen LogP contribution is -2.47. The van der Waals surface area contributed by atoms with Crippen LogP contribution in [0.4, 0.5) is 0 Å². The maximum Gasteiger partial charge on any atom is 0.357 e. The van der Waals surface area contributed by atoms with E-state index in [-0.39, 0.29) is 11.9 Å². The third-order valence-electron chi connectivity index (χ3n) is 3.75. The molecule has 1 aliphatic heterocycles. The Bertz CT molecular complexity index is 518. The van der Waals surface area contributed by atoms with Gasteiger partial charge in [0.15, 0.2) is 5.69 Å². The molecule has 1 fully saturated rings. The van der Waals surface area contributed by atoms with Gasteiger partial charge < -0.3 is 10.1 Å². The van der Waals surface area contributed by atoms with Crippen molar-refractivity contribution in [2.75, 3.05) is 26.7 Å². The fourth-order valence-corrected chi connectivity index (χ4v) is 3.31. The van der Waals surface area contributed by atoms with E-state index in [4.69, 9.17) is 4.74 Å². The van der Waals surface area contributed by atoms with Gasteiger partial charge >= 0.3 is 5.97 Å². The highest BCUT2D eigenvalue weighted by Crippen LogP contribution is 2.15. The molecule has 2 rings (SSSR count). The minimum atomic E-state index is -0.391. The second kappa shape index (κ2) is 8.24. The lowest BCUT2D eigenvalue weighted by molar-refractivity contribution is -0.126. The number of nitrogens with zero attached hydrogens (tertiary/aromatic N) is 2. The molecule has 0 aromatic carbocycles. The van der Waals surface area contributed by atoms with Gasteiger partial charge in [-0.2, -0.15) is 0 Å². The van der Waals surface area contributed by atoms with E-state index in [9.17, 15) is 9.59 Å². The van der Waals surface area contributed by atoms with Crippen molar-refractivity contribution in [1.29, 1.82) is 0 Å². The van der Waals surface area contributed by atoms with Crippen molar-refractivity contribution in [3.05, 3.63) is 16.1 Å². The van der Waals surface area contributed by atoms with Crippen LogP contribution in [-0.4, -0.2) is 54.5 Å². The SMILES string of the molecule is CCOC(=O)c1csc(CCNC(=O)C2CCCCN2C)n1. The third kappa shape index (κ3) is 4.51. The van der Waals surface area contributed by atoms with Crippen LogP contribution in [0, 0.1) is 0 Å². The standard InChI is InChI=1S/C15H23N3O3S/c1-3-21-15(20)11-10-22-13(17-11)7-8-16-14(19)12-6-4-5-9-18(12)2/h10,12H,3-9H2,1-2H3,(H,16,19). The van der Waals surface area contributed by atoms with Gasteiger partial charge in [-0.3, -0.25) is 9.69 Å². The highest BCUT2D eigenvalue weighted by Gasteiger charge is 2.25. The van der Waals surface area contributed by atoms with Crippen molar-refractivity contribution >= 4 is 23.2 Å². The summed E-state index contributed by atoms with van der Waals surface area (Å²) in [5.74, 6) is -0.303. The van der Waals surface area contributed by atoms with Gasteiger partial charge in [-0.25, -0.2) is 9.78 Å². The van der Waals surface area contributed by atoms with E-state index >= 15 is 0 Å². The van der Waals surface area contributed by atoms with Crippen LogP contribution in [0.2, 0.25) is 0 Å². The number of likely N-dealkylation sites (tertiary alicyclic amines) is 1. The van der Waals surface area contributed by atoms with Gasteiger partial charge in [-0.1, -0.05) is 6.42 Å². The number of nitrogens with one attached hydrogen (secondary N) is 1. The van der Waals surface area contributed by atoms with E-state index < -0.39 is 5.97 Å². The Morgan fingerprint density at radius 2 is 2.32 bits per heavy atom. The summed E-state index contributed by atoms with van der Waals surface area (Å²) in [5, 5.41) is 5.50. The number of rotatable bonds is 6. The van der Waals surface area contributed by atoms with Gasteiger partial charge in [0, 0.05) is 18.3 Å². The number of hydrogen-bond donors (Lipinski definition) is 1. The molecule has 0 bridgehead atoms. The van der Waals surface area contributed by atoms with Crippen LogP contribution >= 0.6 is 11.3 Å². The van der Waals surface area contributed by atoms with Crippen molar-refractivity contribution in [3.8, 4) is 0 Å². The molecule has 1 atom stereocenters. The van der Waals surface area contributed by atoms with Crippen molar-refractivity contribution in [1.82, 2.24) is 15.2 Å². The molecule has 6 nitrogen and oxygen atoms in total. The first kappa shape index (κ1) is 16.9. The molecular weight excluding hydrogens is 302 g/mol. The molecule has 122 valence electrons. The molecule has 22 heavy (non-hydrogen) atoms. The maximum absolute atomic E-state index is 12.2. The summed E-state index contributed by atoms with van der Waals surface area (Å²) in [5.41, 5.74) is 0.347. The van der Waals surface area contributed by atoms with Crippen molar-refractivity contribution in [3.63, 3.8) is 0 Å². The van der Waals surface area contributed by atoms with E-state index in [1.54, 1.807) is 12.3 Å². The van der Waals surface area contributed by atoms with Crippen molar-refractivity contribution < 1.29 is 14.3 Å². The minimum absolute atomic E-state index is 0.0138. The normalized spacial score (nSPS) is 18.9. The molecule has 0 spiro atoms. The number of piperidine rings is 1. The Labute approximate surface area is 134 Å². The number of likely N-dealkylation sites (N-methyl/N-ethyl adjacent to an activating group) is 1. The first-order valence-electron chi connectivity index (χ1n) is 7.71. The summed E-state index contributed by atoms with van der Waals surface area (Å²) in [7, 11) is 2.00. The number of carbonyl (C=O) groups is 2. The monoisotopic (exact) mass is 325 g/mol. The first-order chi connectivity index (χ1) is 10.6. The minimum Gasteiger partial charge on any atom is -0.461 e. The molecular formula is C15H23N3O3S. The largest absolute Gasteiger partial charge is 0.461 e. The number of aromatic nitrogens is 1. The van der Waals surface area contributed by atoms with E-state index in [0.29, 0.717) is 25.3 Å². The number of amides is 1. The number of esters is 1. The molecule has 1 amide bonds. The van der Waals surface area contributed by atoms with Crippen molar-refractivity contribution in [2.45, 2.75) is 38.6 Å². The third-order valence-corrected chi connectivity index (χ3v) is 4.66. The Morgan fingerprint density at radius 1 is 1.50 bits per heavy atom. The zero-order chi connectivity index (χ0) is 15.9. The summed E-state index contributed by atoms with van der Waals surface area (Å²) in [4.78, 5) is 30.0. The number of thiazole rings is 1. The second-order valence-corrected chi connectivity index (χ2v) is 6.32. The molecule has 1 aliphatic rings. The first-order valence-corrected chi connectivity index (χ1v) is 8.59. The Hall–Kier alpha value is -1.47. The van der Waals surface area contributed by atoms with Crippen LogP contribution in [0.15, 0.2) is 5.38 Å². The molecule has 1 saturated heterocycles. The van der Waals surface area contributed by atoms with Gasteiger partial charge in [-0.15, -0.1) is 11.3 Å². The lowest BCUT2D eigenvalue weighted by atomic mass is 10.0.